The zero-order chi connectivity index (χ0) is 25.1. The highest BCUT2D eigenvalue weighted by Crippen LogP contribution is 2.25. The summed E-state index contributed by atoms with van der Waals surface area (Å²) in [7, 11) is 0. The van der Waals surface area contributed by atoms with Gasteiger partial charge in [0.2, 0.25) is 10.1 Å². The monoisotopic (exact) mass is 497 g/mol. The van der Waals surface area contributed by atoms with Crippen molar-refractivity contribution >= 4 is 43.9 Å². The van der Waals surface area contributed by atoms with Crippen LogP contribution >= 0.6 is 11.3 Å². The van der Waals surface area contributed by atoms with E-state index in [0.717, 1.165) is 30.5 Å². The van der Waals surface area contributed by atoms with Crippen molar-refractivity contribution in [3.8, 4) is 0 Å². The van der Waals surface area contributed by atoms with Gasteiger partial charge in [-0.3, -0.25) is 9.59 Å². The van der Waals surface area contributed by atoms with Gasteiger partial charge >= 0.3 is 0 Å². The second kappa shape index (κ2) is 10.3. The summed E-state index contributed by atoms with van der Waals surface area (Å²) in [6.07, 6.45) is 2.61. The summed E-state index contributed by atoms with van der Waals surface area (Å²) in [4.78, 5) is 31.1. The molecule has 0 saturated carbocycles. The van der Waals surface area contributed by atoms with E-state index in [0.29, 0.717) is 26.6 Å². The number of nitrogens with one attached hydrogen (secondary N) is 2. The Balaban J connectivity index is 1.36. The normalized spacial score (nSPS) is 12.1. The maximum absolute atomic E-state index is 13.1. The molecule has 0 aliphatic carbocycles. The Bertz CT molecular complexity index is 1590. The highest BCUT2D eigenvalue weighted by molar-refractivity contribution is 7.20. The molecule has 1 amide bonds. The van der Waals surface area contributed by atoms with Crippen molar-refractivity contribution in [2.24, 2.45) is 0 Å². The van der Waals surface area contributed by atoms with Crippen molar-refractivity contribution in [1.29, 1.82) is 0 Å². The van der Waals surface area contributed by atoms with E-state index in [-0.39, 0.29) is 17.5 Å². The van der Waals surface area contributed by atoms with Crippen molar-refractivity contribution in [3.05, 3.63) is 99.8 Å². The minimum Gasteiger partial charge on any atom is -0.350 e. The number of amides is 1. The van der Waals surface area contributed by atoms with Gasteiger partial charge in [-0.25, -0.2) is 4.98 Å². The Morgan fingerprint density at radius 1 is 1.06 bits per heavy atom. The zero-order valence-electron chi connectivity index (χ0n) is 20.2. The van der Waals surface area contributed by atoms with Gasteiger partial charge in [0.05, 0.1) is 10.9 Å². The molecule has 5 aromatic rings. The lowest BCUT2D eigenvalue weighted by molar-refractivity contribution is 0.0938. The van der Waals surface area contributed by atoms with Gasteiger partial charge in [-0.1, -0.05) is 66.8 Å². The van der Waals surface area contributed by atoms with E-state index >= 15 is 0 Å². The first-order chi connectivity index (χ1) is 17.5. The van der Waals surface area contributed by atoms with E-state index < -0.39 is 0 Å². The zero-order valence-corrected chi connectivity index (χ0v) is 21.0. The minimum atomic E-state index is -0.258. The van der Waals surface area contributed by atoms with Crippen molar-refractivity contribution in [2.75, 3.05) is 5.32 Å². The van der Waals surface area contributed by atoms with Crippen LogP contribution in [0.5, 0.6) is 0 Å². The van der Waals surface area contributed by atoms with Crippen molar-refractivity contribution in [1.82, 2.24) is 19.9 Å². The van der Waals surface area contributed by atoms with Crippen molar-refractivity contribution in [3.63, 3.8) is 0 Å². The largest absolute Gasteiger partial charge is 0.350 e. The first-order valence-corrected chi connectivity index (χ1v) is 12.9. The number of carbonyl (C=O) groups excluding carboxylic acids is 1. The second-order valence-corrected chi connectivity index (χ2v) is 9.74. The van der Waals surface area contributed by atoms with Crippen LogP contribution in [0.3, 0.4) is 0 Å². The maximum atomic E-state index is 13.1. The lowest BCUT2D eigenvalue weighted by Crippen LogP contribution is -2.33. The van der Waals surface area contributed by atoms with Crippen LogP contribution in [0, 0.1) is 0 Å². The van der Waals surface area contributed by atoms with Crippen LogP contribution in [0.15, 0.2) is 77.6 Å². The molecule has 182 valence electrons. The Kier molecular flexibility index (Phi) is 6.77. The number of anilines is 2. The van der Waals surface area contributed by atoms with Crippen LogP contribution in [0.2, 0.25) is 0 Å². The smallest absolute Gasteiger partial charge is 0.283 e. The molecule has 8 heteroatoms. The van der Waals surface area contributed by atoms with Gasteiger partial charge in [0.25, 0.3) is 11.5 Å². The number of carbonyl (C=O) groups is 1. The minimum absolute atomic E-state index is 0.00981. The van der Waals surface area contributed by atoms with Gasteiger partial charge in [-0.05, 0) is 61.6 Å². The number of para-hydroxylation sites is 1. The van der Waals surface area contributed by atoms with E-state index in [1.54, 1.807) is 18.2 Å². The Labute approximate surface area is 212 Å². The first-order valence-electron chi connectivity index (χ1n) is 12.0. The predicted octanol–water partition coefficient (Wildman–Crippen LogP) is 5.36. The fourth-order valence-electron chi connectivity index (χ4n) is 4.17. The van der Waals surface area contributed by atoms with Crippen LogP contribution in [0.25, 0.3) is 15.9 Å². The lowest BCUT2D eigenvalue weighted by Gasteiger charge is -2.14. The fourth-order valence-corrected chi connectivity index (χ4v) is 4.98. The molecule has 3 aromatic carbocycles. The summed E-state index contributed by atoms with van der Waals surface area (Å²) < 4.78 is 1.31. The second-order valence-electron chi connectivity index (χ2n) is 8.78. The van der Waals surface area contributed by atoms with Gasteiger partial charge in [-0.15, -0.1) is 5.10 Å². The summed E-state index contributed by atoms with van der Waals surface area (Å²) in [5.41, 5.74) is 4.06. The molecule has 2 heterocycles. The molecule has 0 saturated heterocycles. The quantitative estimate of drug-likeness (QED) is 0.301. The van der Waals surface area contributed by atoms with Gasteiger partial charge < -0.3 is 10.6 Å². The predicted molar refractivity (Wildman–Crippen MR) is 145 cm³/mol. The Hall–Kier alpha value is -4.04. The van der Waals surface area contributed by atoms with E-state index in [1.807, 2.05) is 43.3 Å². The van der Waals surface area contributed by atoms with Crippen LogP contribution in [0.1, 0.15) is 41.8 Å². The maximum Gasteiger partial charge on any atom is 0.283 e. The number of rotatable bonds is 8. The Morgan fingerprint density at radius 3 is 2.64 bits per heavy atom. The number of hydrogen-bond donors (Lipinski definition) is 2. The van der Waals surface area contributed by atoms with E-state index in [9.17, 15) is 9.59 Å². The fraction of sp³-hybridized carbons (Fsp3) is 0.214. The summed E-state index contributed by atoms with van der Waals surface area (Å²) in [5, 5.41) is 11.8. The molecule has 0 unspecified atom stereocenters. The summed E-state index contributed by atoms with van der Waals surface area (Å²) in [5.74, 6) is -0.178. The molecular formula is C28H27N5O2S. The number of benzene rings is 3. The molecule has 0 aliphatic rings. The summed E-state index contributed by atoms with van der Waals surface area (Å²) in [6.45, 7) is 4.09. The van der Waals surface area contributed by atoms with Gasteiger partial charge in [0.1, 0.15) is 0 Å². The number of fused-ring (bicyclic) bond motifs is 2. The average Bonchev–Trinajstić information content (AvgIpc) is 3.30. The van der Waals surface area contributed by atoms with E-state index in [1.165, 1.54) is 21.4 Å². The first kappa shape index (κ1) is 23.7. The van der Waals surface area contributed by atoms with Gasteiger partial charge in [-0.2, -0.15) is 4.52 Å². The van der Waals surface area contributed by atoms with Crippen molar-refractivity contribution < 1.29 is 4.79 Å². The molecule has 7 nitrogen and oxygen atoms in total. The molecule has 0 fully saturated rings. The molecule has 2 N–H and O–H groups in total. The van der Waals surface area contributed by atoms with Crippen molar-refractivity contribution in [2.45, 2.75) is 39.2 Å². The number of nitrogens with zero attached hydrogens (tertiary/aromatic N) is 3. The summed E-state index contributed by atoms with van der Waals surface area (Å²) in [6, 6.07) is 23.2. The molecule has 1 atom stereocenters. The van der Waals surface area contributed by atoms with E-state index in [4.69, 9.17) is 0 Å². The molecule has 5 rings (SSSR count). The molecule has 2 aromatic heterocycles. The van der Waals surface area contributed by atoms with Gasteiger partial charge in [0.15, 0.2) is 0 Å². The molecule has 36 heavy (non-hydrogen) atoms. The van der Waals surface area contributed by atoms with Crippen LogP contribution in [0.4, 0.5) is 10.8 Å². The van der Waals surface area contributed by atoms with E-state index in [2.05, 4.69) is 45.8 Å². The Morgan fingerprint density at radius 2 is 1.83 bits per heavy atom. The van der Waals surface area contributed by atoms with Crippen LogP contribution < -0.4 is 16.2 Å². The lowest BCUT2D eigenvalue weighted by atomic mass is 10.1. The highest BCUT2D eigenvalue weighted by Gasteiger charge is 2.15. The van der Waals surface area contributed by atoms with Crippen LogP contribution in [-0.4, -0.2) is 26.5 Å². The number of hydrogen-bond acceptors (Lipinski definition) is 6. The third kappa shape index (κ3) is 4.99. The molecular weight excluding hydrogens is 470 g/mol. The van der Waals surface area contributed by atoms with Crippen LogP contribution in [-0.2, 0) is 12.8 Å². The molecule has 0 bridgehead atoms. The topological polar surface area (TPSA) is 88.4 Å². The molecule has 0 aliphatic heterocycles. The SMILES string of the molecule is CCc1ccccc1Nc1nn2c(=O)c3ccc(C(=O)N[C@@H](C)CCc4ccccc4)cc3nc2s1. The number of aryl methyl sites for hydroxylation is 2. The third-order valence-electron chi connectivity index (χ3n) is 6.18. The number of aromatic nitrogens is 3. The highest BCUT2D eigenvalue weighted by atomic mass is 32.1. The average molecular weight is 498 g/mol. The van der Waals surface area contributed by atoms with Gasteiger partial charge in [0, 0.05) is 17.3 Å². The molecule has 0 spiro atoms. The third-order valence-corrected chi connectivity index (χ3v) is 7.01. The standard InChI is InChI=1S/C28H27N5O2S/c1-3-20-11-7-8-12-23(20)30-27-32-33-26(35)22-16-15-21(17-24(22)31-28(33)36-27)25(34)29-18(2)13-14-19-9-5-4-6-10-19/h4-12,15-18H,3,13-14H2,1-2H3,(H,29,34)(H,30,32)/t18-/m0/s1. The summed E-state index contributed by atoms with van der Waals surface area (Å²) >= 11 is 1.30. The molecule has 0 radical (unpaired) electrons.